The summed E-state index contributed by atoms with van der Waals surface area (Å²) in [5.41, 5.74) is 0. The Labute approximate surface area is 205 Å². The van der Waals surface area contributed by atoms with E-state index in [1.807, 2.05) is 6.07 Å². The van der Waals surface area contributed by atoms with Gasteiger partial charge in [0.1, 0.15) is 5.75 Å². The maximum atomic E-state index is 10.6. The molecule has 0 amide bonds. The van der Waals surface area contributed by atoms with E-state index in [-0.39, 0.29) is 19.2 Å². The minimum atomic E-state index is -0.309. The number of hydrogen-bond donors (Lipinski definition) is 3. The SMILES string of the molecule is C=CC(=O)OCCCCCCCCC.OCCOCCOCCOCCO.Oc1ccccc1. The lowest BCUT2D eigenvalue weighted by Crippen LogP contribution is -2.11. The van der Waals surface area contributed by atoms with Gasteiger partial charge < -0.3 is 34.3 Å². The number of phenols is 1. The molecule has 0 aliphatic carbocycles. The van der Waals surface area contributed by atoms with E-state index in [0.29, 0.717) is 52.0 Å². The Morgan fingerprint density at radius 3 is 1.65 bits per heavy atom. The lowest BCUT2D eigenvalue weighted by atomic mass is 10.1. The summed E-state index contributed by atoms with van der Waals surface area (Å²) >= 11 is 0. The zero-order valence-electron chi connectivity index (χ0n) is 20.9. The average Bonchev–Trinajstić information content (AvgIpc) is 2.86. The smallest absolute Gasteiger partial charge is 0.330 e. The molecular weight excluding hydrogens is 440 g/mol. The first-order chi connectivity index (χ1) is 16.6. The molecule has 0 aliphatic rings. The summed E-state index contributed by atoms with van der Waals surface area (Å²) in [6.07, 6.45) is 9.88. The lowest BCUT2D eigenvalue weighted by molar-refractivity contribution is -0.137. The van der Waals surface area contributed by atoms with Crippen molar-refractivity contribution in [1.82, 2.24) is 0 Å². The van der Waals surface area contributed by atoms with Gasteiger partial charge >= 0.3 is 5.97 Å². The fraction of sp³-hybridized carbons (Fsp3) is 0.654. The second kappa shape index (κ2) is 31.0. The Hall–Kier alpha value is -1.97. The highest BCUT2D eigenvalue weighted by atomic mass is 16.5. The predicted octanol–water partition coefficient (Wildman–Crippen LogP) is 3.88. The highest BCUT2D eigenvalue weighted by Crippen LogP contribution is 2.06. The van der Waals surface area contributed by atoms with Crippen LogP contribution >= 0.6 is 0 Å². The first kappa shape index (κ1) is 34.2. The second-order valence-electron chi connectivity index (χ2n) is 7.11. The summed E-state index contributed by atoms with van der Waals surface area (Å²) in [5, 5.41) is 25.3. The van der Waals surface area contributed by atoms with E-state index in [9.17, 15) is 4.79 Å². The third-order valence-corrected chi connectivity index (χ3v) is 4.13. The van der Waals surface area contributed by atoms with Crippen LogP contribution in [-0.4, -0.2) is 80.8 Å². The molecule has 0 fully saturated rings. The number of carbonyl (C=O) groups excluding carboxylic acids is 1. The molecule has 8 nitrogen and oxygen atoms in total. The van der Waals surface area contributed by atoms with Crippen molar-refractivity contribution in [3.8, 4) is 5.75 Å². The highest BCUT2D eigenvalue weighted by Gasteiger charge is 1.95. The zero-order chi connectivity index (χ0) is 25.5. The number of rotatable bonds is 19. The minimum Gasteiger partial charge on any atom is -0.508 e. The van der Waals surface area contributed by atoms with Crippen molar-refractivity contribution in [3.63, 3.8) is 0 Å². The number of hydrogen-bond acceptors (Lipinski definition) is 8. The molecule has 0 radical (unpaired) electrons. The van der Waals surface area contributed by atoms with Crippen molar-refractivity contribution in [1.29, 1.82) is 0 Å². The monoisotopic (exact) mass is 486 g/mol. The van der Waals surface area contributed by atoms with Gasteiger partial charge in [-0.05, 0) is 18.6 Å². The topological polar surface area (TPSA) is 115 Å². The van der Waals surface area contributed by atoms with Gasteiger partial charge in [0, 0.05) is 6.08 Å². The van der Waals surface area contributed by atoms with Gasteiger partial charge in [0.2, 0.25) is 0 Å². The molecule has 1 rings (SSSR count). The molecule has 0 spiro atoms. The van der Waals surface area contributed by atoms with Gasteiger partial charge in [-0.3, -0.25) is 0 Å². The lowest BCUT2D eigenvalue weighted by Gasteiger charge is -2.04. The fourth-order valence-corrected chi connectivity index (χ4v) is 2.39. The number of phenolic OH excluding ortho intramolecular Hbond substituents is 1. The van der Waals surface area contributed by atoms with Crippen LogP contribution in [0.25, 0.3) is 0 Å². The van der Waals surface area contributed by atoms with Crippen LogP contribution in [0, 0.1) is 0 Å². The largest absolute Gasteiger partial charge is 0.508 e. The van der Waals surface area contributed by atoms with Crippen LogP contribution in [0.4, 0.5) is 0 Å². The molecule has 198 valence electrons. The van der Waals surface area contributed by atoms with Crippen molar-refractivity contribution in [2.24, 2.45) is 0 Å². The van der Waals surface area contributed by atoms with E-state index in [4.69, 9.17) is 34.3 Å². The standard InChI is InChI=1S/C12H22O2.C8H18O5.C6H6O/c1-3-5-6-7-8-9-10-11-14-12(13)4-2;9-1-3-11-5-7-13-8-6-12-4-2-10;7-6-4-2-1-3-5-6/h4H,2-3,5-11H2,1H3;9-10H,1-8H2;1-5,7H. The van der Waals surface area contributed by atoms with Crippen LogP contribution in [0.2, 0.25) is 0 Å². The number of benzene rings is 1. The molecule has 0 saturated heterocycles. The van der Waals surface area contributed by atoms with E-state index in [1.165, 1.54) is 38.2 Å². The summed E-state index contributed by atoms with van der Waals surface area (Å²) in [7, 11) is 0. The number of unbranched alkanes of at least 4 members (excludes halogenated alkanes) is 6. The molecule has 1 aromatic rings. The molecule has 34 heavy (non-hydrogen) atoms. The summed E-state index contributed by atoms with van der Waals surface area (Å²) in [5.74, 6) is 0.0125. The Bertz CT molecular complexity index is 515. The second-order valence-corrected chi connectivity index (χ2v) is 7.11. The fourth-order valence-electron chi connectivity index (χ4n) is 2.39. The average molecular weight is 487 g/mol. The highest BCUT2D eigenvalue weighted by molar-refractivity contribution is 5.81. The van der Waals surface area contributed by atoms with Crippen LogP contribution < -0.4 is 0 Å². The number of aromatic hydroxyl groups is 1. The number of carbonyl (C=O) groups is 1. The van der Waals surface area contributed by atoms with Gasteiger partial charge in [-0.2, -0.15) is 0 Å². The molecule has 0 aromatic heterocycles. The normalized spacial score (nSPS) is 9.85. The third kappa shape index (κ3) is 32.2. The number of esters is 1. The van der Waals surface area contributed by atoms with Crippen molar-refractivity contribution in [3.05, 3.63) is 43.0 Å². The molecular formula is C26H46O8. The van der Waals surface area contributed by atoms with Crippen LogP contribution in [-0.2, 0) is 23.7 Å². The van der Waals surface area contributed by atoms with E-state index in [2.05, 4.69) is 13.5 Å². The maximum Gasteiger partial charge on any atom is 0.330 e. The Morgan fingerprint density at radius 2 is 1.24 bits per heavy atom. The van der Waals surface area contributed by atoms with Crippen molar-refractivity contribution < 1.29 is 39.1 Å². The minimum absolute atomic E-state index is 0.0413. The maximum absolute atomic E-state index is 10.6. The van der Waals surface area contributed by atoms with Gasteiger partial charge in [0.25, 0.3) is 0 Å². The van der Waals surface area contributed by atoms with Gasteiger partial charge in [-0.1, -0.05) is 70.2 Å². The number of para-hydroxylation sites is 1. The van der Waals surface area contributed by atoms with E-state index in [1.54, 1.807) is 24.3 Å². The zero-order valence-corrected chi connectivity index (χ0v) is 20.9. The third-order valence-electron chi connectivity index (χ3n) is 4.13. The molecule has 0 atom stereocenters. The van der Waals surface area contributed by atoms with Gasteiger partial charge in [-0.25, -0.2) is 4.79 Å². The number of aliphatic hydroxyl groups is 2. The van der Waals surface area contributed by atoms with Crippen molar-refractivity contribution >= 4 is 5.97 Å². The molecule has 3 N–H and O–H groups in total. The summed E-state index contributed by atoms with van der Waals surface area (Å²) < 4.78 is 19.9. The Balaban J connectivity index is 0. The Kier molecular flexibility index (Phi) is 31.2. The van der Waals surface area contributed by atoms with Crippen LogP contribution in [0.3, 0.4) is 0 Å². The van der Waals surface area contributed by atoms with E-state index >= 15 is 0 Å². The van der Waals surface area contributed by atoms with Gasteiger partial charge in [-0.15, -0.1) is 0 Å². The molecule has 0 unspecified atom stereocenters. The summed E-state index contributed by atoms with van der Waals surface area (Å²) in [6.45, 7) is 8.86. The molecule has 8 heteroatoms. The van der Waals surface area contributed by atoms with E-state index in [0.717, 1.165) is 12.8 Å². The Morgan fingerprint density at radius 1 is 0.765 bits per heavy atom. The molecule has 0 saturated carbocycles. The van der Waals surface area contributed by atoms with E-state index < -0.39 is 0 Å². The molecule has 0 aliphatic heterocycles. The summed E-state index contributed by atoms with van der Waals surface area (Å²) in [4.78, 5) is 10.6. The quantitative estimate of drug-likeness (QED) is 0.153. The first-order valence-corrected chi connectivity index (χ1v) is 12.1. The van der Waals surface area contributed by atoms with Gasteiger partial charge in [0.05, 0.1) is 59.5 Å². The number of ether oxygens (including phenoxy) is 4. The van der Waals surface area contributed by atoms with Crippen LogP contribution in [0.15, 0.2) is 43.0 Å². The first-order valence-electron chi connectivity index (χ1n) is 12.1. The predicted molar refractivity (Wildman–Crippen MR) is 134 cm³/mol. The van der Waals surface area contributed by atoms with Crippen molar-refractivity contribution in [2.75, 3.05) is 59.5 Å². The molecule has 1 aromatic carbocycles. The van der Waals surface area contributed by atoms with Crippen molar-refractivity contribution in [2.45, 2.75) is 51.9 Å². The van der Waals surface area contributed by atoms with Crippen LogP contribution in [0.5, 0.6) is 5.75 Å². The number of aliphatic hydroxyl groups excluding tert-OH is 2. The summed E-state index contributed by atoms with van der Waals surface area (Å²) in [6, 6.07) is 8.71. The molecule has 0 bridgehead atoms. The van der Waals surface area contributed by atoms with Gasteiger partial charge in [0.15, 0.2) is 0 Å². The molecule has 0 heterocycles. The van der Waals surface area contributed by atoms with Crippen LogP contribution in [0.1, 0.15) is 51.9 Å².